The lowest BCUT2D eigenvalue weighted by molar-refractivity contribution is 0.102. The molecule has 0 aliphatic rings. The maximum atomic E-state index is 12.5. The number of anilines is 1. The van der Waals surface area contributed by atoms with E-state index in [1.54, 1.807) is 43.5 Å². The van der Waals surface area contributed by atoms with Crippen molar-refractivity contribution in [2.75, 3.05) is 5.32 Å². The Balaban J connectivity index is 1.42. The van der Waals surface area contributed by atoms with Crippen LogP contribution in [0.3, 0.4) is 0 Å². The highest BCUT2D eigenvalue weighted by Crippen LogP contribution is 2.20. The summed E-state index contributed by atoms with van der Waals surface area (Å²) in [5, 5.41) is 14.3. The molecule has 1 amide bonds. The molecule has 2 N–H and O–H groups in total. The molecule has 0 aliphatic carbocycles. The van der Waals surface area contributed by atoms with Gasteiger partial charge in [0.25, 0.3) is 11.8 Å². The van der Waals surface area contributed by atoms with Crippen molar-refractivity contribution >= 4 is 22.5 Å². The number of H-pyrrole nitrogens is 1. The predicted octanol–water partition coefficient (Wildman–Crippen LogP) is 3.09. The molecule has 2 heterocycles. The lowest BCUT2D eigenvalue weighted by Crippen LogP contribution is -2.12. The number of aromatic nitrogens is 4. The van der Waals surface area contributed by atoms with E-state index in [0.717, 1.165) is 5.39 Å². The number of hydrogen-bond acceptors (Lipinski definition) is 6. The van der Waals surface area contributed by atoms with Crippen LogP contribution in [0.2, 0.25) is 0 Å². The van der Waals surface area contributed by atoms with Gasteiger partial charge in [-0.25, -0.2) is 0 Å². The molecule has 0 radical (unpaired) electrons. The van der Waals surface area contributed by atoms with Gasteiger partial charge in [0.15, 0.2) is 12.4 Å². The first-order valence-electron chi connectivity index (χ1n) is 7.94. The van der Waals surface area contributed by atoms with E-state index < -0.39 is 0 Å². The molecule has 0 atom stereocenters. The molecule has 8 nitrogen and oxygen atoms in total. The highest BCUT2D eigenvalue weighted by molar-refractivity contribution is 6.11. The molecule has 0 spiro atoms. The first kappa shape index (κ1) is 15.8. The quantitative estimate of drug-likeness (QED) is 0.573. The summed E-state index contributed by atoms with van der Waals surface area (Å²) in [6.07, 6.45) is 1.68. The van der Waals surface area contributed by atoms with Gasteiger partial charge in [-0.3, -0.25) is 9.89 Å². The third-order valence-corrected chi connectivity index (χ3v) is 3.77. The number of ether oxygens (including phenoxy) is 1. The summed E-state index contributed by atoms with van der Waals surface area (Å²) in [4.78, 5) is 16.6. The van der Waals surface area contributed by atoms with Crippen molar-refractivity contribution in [1.29, 1.82) is 0 Å². The number of aryl methyl sites for hydroxylation is 1. The SMILES string of the molecule is Cc1noc(COc2ccc(NC(=O)c3cccc4cn[nH]c34)cc2)n1. The summed E-state index contributed by atoms with van der Waals surface area (Å²) in [5.41, 5.74) is 1.90. The second-order valence-corrected chi connectivity index (χ2v) is 5.64. The molecule has 4 rings (SSSR count). The molecule has 26 heavy (non-hydrogen) atoms. The van der Waals surface area contributed by atoms with Crippen LogP contribution in [-0.4, -0.2) is 26.2 Å². The van der Waals surface area contributed by atoms with Gasteiger partial charge < -0.3 is 14.6 Å². The summed E-state index contributed by atoms with van der Waals surface area (Å²) in [6, 6.07) is 12.5. The molecular weight excluding hydrogens is 334 g/mol. The first-order valence-corrected chi connectivity index (χ1v) is 7.94. The molecule has 0 saturated heterocycles. The van der Waals surface area contributed by atoms with Crippen LogP contribution in [0.5, 0.6) is 5.75 Å². The molecule has 4 aromatic rings. The lowest BCUT2D eigenvalue weighted by Gasteiger charge is -2.08. The summed E-state index contributed by atoms with van der Waals surface area (Å²) in [6.45, 7) is 1.93. The summed E-state index contributed by atoms with van der Waals surface area (Å²) < 4.78 is 10.6. The van der Waals surface area contributed by atoms with Gasteiger partial charge in [-0.2, -0.15) is 10.1 Å². The molecule has 8 heteroatoms. The Morgan fingerprint density at radius 3 is 2.85 bits per heavy atom. The summed E-state index contributed by atoms with van der Waals surface area (Å²) in [7, 11) is 0. The first-order chi connectivity index (χ1) is 12.7. The number of amides is 1. The Morgan fingerprint density at radius 2 is 2.08 bits per heavy atom. The van der Waals surface area contributed by atoms with Gasteiger partial charge in [0.1, 0.15) is 5.75 Å². The van der Waals surface area contributed by atoms with Crippen molar-refractivity contribution in [3.63, 3.8) is 0 Å². The fourth-order valence-corrected chi connectivity index (χ4v) is 2.53. The molecule has 2 aromatic carbocycles. The molecule has 0 fully saturated rings. The molecular formula is C18H15N5O3. The number of nitrogens with zero attached hydrogens (tertiary/aromatic N) is 3. The Labute approximate surface area is 148 Å². The van der Waals surface area contributed by atoms with E-state index in [9.17, 15) is 4.79 Å². The minimum atomic E-state index is -0.213. The fourth-order valence-electron chi connectivity index (χ4n) is 2.53. The number of nitrogens with one attached hydrogen (secondary N) is 2. The predicted molar refractivity (Wildman–Crippen MR) is 93.9 cm³/mol. The fraction of sp³-hybridized carbons (Fsp3) is 0.111. The Morgan fingerprint density at radius 1 is 1.23 bits per heavy atom. The van der Waals surface area contributed by atoms with Gasteiger partial charge >= 0.3 is 0 Å². The Kier molecular flexibility index (Phi) is 4.06. The van der Waals surface area contributed by atoms with Crippen LogP contribution in [0.4, 0.5) is 5.69 Å². The highest BCUT2D eigenvalue weighted by Gasteiger charge is 2.11. The lowest BCUT2D eigenvalue weighted by atomic mass is 10.1. The van der Waals surface area contributed by atoms with Crippen molar-refractivity contribution in [1.82, 2.24) is 20.3 Å². The molecule has 0 saturated carbocycles. The van der Waals surface area contributed by atoms with Gasteiger partial charge in [-0.1, -0.05) is 17.3 Å². The number of carbonyl (C=O) groups excluding carboxylic acids is 1. The third kappa shape index (κ3) is 3.25. The number of fused-ring (bicyclic) bond motifs is 1. The van der Waals surface area contributed by atoms with E-state index in [0.29, 0.717) is 34.2 Å². The third-order valence-electron chi connectivity index (χ3n) is 3.77. The number of hydrogen-bond donors (Lipinski definition) is 2. The average molecular weight is 349 g/mol. The van der Waals surface area contributed by atoms with Gasteiger partial charge in [-0.15, -0.1) is 0 Å². The molecule has 130 valence electrons. The van der Waals surface area contributed by atoms with Gasteiger partial charge in [0.2, 0.25) is 0 Å². The van der Waals surface area contributed by atoms with Gasteiger partial charge in [0, 0.05) is 11.1 Å². The van der Waals surface area contributed by atoms with Crippen molar-refractivity contribution < 1.29 is 14.1 Å². The summed E-state index contributed by atoms with van der Waals surface area (Å²) in [5.74, 6) is 1.39. The van der Waals surface area contributed by atoms with Crippen LogP contribution in [0.25, 0.3) is 10.9 Å². The van der Waals surface area contributed by atoms with Crippen LogP contribution in [-0.2, 0) is 6.61 Å². The maximum absolute atomic E-state index is 12.5. The van der Waals surface area contributed by atoms with Crippen molar-refractivity contribution in [2.45, 2.75) is 13.5 Å². The van der Waals surface area contributed by atoms with Crippen molar-refractivity contribution in [3.05, 3.63) is 65.9 Å². The minimum Gasteiger partial charge on any atom is -0.484 e. The van der Waals surface area contributed by atoms with E-state index >= 15 is 0 Å². The van der Waals surface area contributed by atoms with Gasteiger partial charge in [0.05, 0.1) is 17.3 Å². The largest absolute Gasteiger partial charge is 0.484 e. The van der Waals surface area contributed by atoms with Crippen molar-refractivity contribution in [2.24, 2.45) is 0 Å². The molecule has 0 bridgehead atoms. The van der Waals surface area contributed by atoms with Crippen LogP contribution in [0.1, 0.15) is 22.1 Å². The van der Waals surface area contributed by atoms with E-state index in [1.165, 1.54) is 0 Å². The normalized spacial score (nSPS) is 10.8. The van der Waals surface area contributed by atoms with Crippen LogP contribution < -0.4 is 10.1 Å². The molecule has 0 unspecified atom stereocenters. The van der Waals surface area contributed by atoms with E-state index in [1.807, 2.05) is 12.1 Å². The van der Waals surface area contributed by atoms with Crippen LogP contribution >= 0.6 is 0 Å². The van der Waals surface area contributed by atoms with Crippen molar-refractivity contribution in [3.8, 4) is 5.75 Å². The number of aromatic amines is 1. The highest BCUT2D eigenvalue weighted by atomic mass is 16.5. The molecule has 2 aromatic heterocycles. The Hall–Kier alpha value is -3.68. The van der Waals surface area contributed by atoms with E-state index in [-0.39, 0.29) is 12.5 Å². The topological polar surface area (TPSA) is 106 Å². The van der Waals surface area contributed by atoms with E-state index in [2.05, 4.69) is 25.7 Å². The monoisotopic (exact) mass is 349 g/mol. The van der Waals surface area contributed by atoms with Gasteiger partial charge in [-0.05, 0) is 37.3 Å². The second-order valence-electron chi connectivity index (χ2n) is 5.64. The number of rotatable bonds is 5. The molecule has 0 aliphatic heterocycles. The zero-order valence-electron chi connectivity index (χ0n) is 13.9. The zero-order valence-corrected chi connectivity index (χ0v) is 13.9. The number of benzene rings is 2. The summed E-state index contributed by atoms with van der Waals surface area (Å²) >= 11 is 0. The maximum Gasteiger partial charge on any atom is 0.264 e. The smallest absolute Gasteiger partial charge is 0.264 e. The van der Waals surface area contributed by atoms with E-state index in [4.69, 9.17) is 9.26 Å². The second kappa shape index (κ2) is 6.67. The van der Waals surface area contributed by atoms with Crippen LogP contribution in [0, 0.1) is 6.92 Å². The minimum absolute atomic E-state index is 0.189. The zero-order chi connectivity index (χ0) is 17.9. The number of para-hydroxylation sites is 1. The standard InChI is InChI=1S/C18H15N5O3/c1-11-20-16(26-23-11)10-25-14-7-5-13(6-8-14)21-18(24)15-4-2-3-12-9-19-22-17(12)15/h2-9H,10H2,1H3,(H,19,22)(H,21,24). The Bertz CT molecular complexity index is 1050. The van der Waals surface area contributed by atoms with Crippen LogP contribution in [0.15, 0.2) is 53.2 Å². The average Bonchev–Trinajstić information content (AvgIpc) is 3.29. The number of carbonyl (C=O) groups is 1.